The van der Waals surface area contributed by atoms with Gasteiger partial charge in [-0.25, -0.2) is 22.5 Å². The molecule has 1 saturated carbocycles. The highest BCUT2D eigenvalue weighted by Gasteiger charge is 2.47. The van der Waals surface area contributed by atoms with Gasteiger partial charge < -0.3 is 10.1 Å². The third kappa shape index (κ3) is 5.35. The van der Waals surface area contributed by atoms with Gasteiger partial charge in [-0.05, 0) is 60.7 Å². The topological polar surface area (TPSA) is 64.1 Å². The molecule has 3 aromatic rings. The van der Waals surface area contributed by atoms with E-state index in [0.717, 1.165) is 12.1 Å². The summed E-state index contributed by atoms with van der Waals surface area (Å²) in [6.45, 7) is 1.72. The minimum atomic E-state index is -2.84. The number of halogens is 4. The van der Waals surface area contributed by atoms with Crippen LogP contribution in [0.5, 0.6) is 11.5 Å². The van der Waals surface area contributed by atoms with Gasteiger partial charge in [0.05, 0.1) is 6.20 Å². The number of pyridine rings is 2. The Balaban J connectivity index is 1.38. The van der Waals surface area contributed by atoms with Crippen LogP contribution in [-0.2, 0) is 4.79 Å². The van der Waals surface area contributed by atoms with Crippen molar-refractivity contribution in [2.75, 3.05) is 5.32 Å². The number of ether oxygens (including phenoxy) is 1. The SMILES string of the molecule is C[C@@H](C(=O)Nc1ccc(Oc2ccc(F)cc2F)cn1)[C@H]1CCC(F)(F)[C@@H](c2ccncc2)C1. The Morgan fingerprint density at radius 2 is 1.91 bits per heavy atom. The number of nitrogens with zero attached hydrogens (tertiary/aromatic N) is 2. The first-order chi connectivity index (χ1) is 16.2. The van der Waals surface area contributed by atoms with E-state index in [1.165, 1.54) is 30.7 Å². The molecule has 9 heteroatoms. The molecule has 0 bridgehead atoms. The van der Waals surface area contributed by atoms with Crippen molar-refractivity contribution in [3.05, 3.63) is 78.3 Å². The quantitative estimate of drug-likeness (QED) is 0.424. The summed E-state index contributed by atoms with van der Waals surface area (Å²) >= 11 is 0. The van der Waals surface area contributed by atoms with Crippen LogP contribution >= 0.6 is 0 Å². The molecule has 3 atom stereocenters. The summed E-state index contributed by atoms with van der Waals surface area (Å²) in [6, 6.07) is 9.09. The maximum absolute atomic E-state index is 14.6. The van der Waals surface area contributed by atoms with E-state index in [2.05, 4.69) is 15.3 Å². The van der Waals surface area contributed by atoms with Crippen molar-refractivity contribution >= 4 is 11.7 Å². The zero-order valence-corrected chi connectivity index (χ0v) is 18.3. The van der Waals surface area contributed by atoms with Gasteiger partial charge in [-0.3, -0.25) is 9.78 Å². The van der Waals surface area contributed by atoms with Gasteiger partial charge in [0, 0.05) is 36.7 Å². The molecule has 1 aromatic carbocycles. The fourth-order valence-corrected chi connectivity index (χ4v) is 4.23. The molecule has 1 fully saturated rings. The van der Waals surface area contributed by atoms with E-state index in [4.69, 9.17) is 4.74 Å². The van der Waals surface area contributed by atoms with E-state index in [9.17, 15) is 22.4 Å². The van der Waals surface area contributed by atoms with Crippen molar-refractivity contribution in [1.82, 2.24) is 9.97 Å². The zero-order valence-electron chi connectivity index (χ0n) is 18.3. The number of amides is 1. The molecule has 2 heterocycles. The normalized spacial score (nSPS) is 20.4. The van der Waals surface area contributed by atoms with Crippen molar-refractivity contribution in [2.24, 2.45) is 11.8 Å². The summed E-state index contributed by atoms with van der Waals surface area (Å²) in [4.78, 5) is 20.8. The van der Waals surface area contributed by atoms with Crippen molar-refractivity contribution in [3.63, 3.8) is 0 Å². The molecule has 0 unspecified atom stereocenters. The van der Waals surface area contributed by atoms with E-state index in [0.29, 0.717) is 11.6 Å². The van der Waals surface area contributed by atoms with Crippen LogP contribution in [0.15, 0.2) is 61.1 Å². The lowest BCUT2D eigenvalue weighted by molar-refractivity contribution is -0.124. The molecule has 0 spiro atoms. The van der Waals surface area contributed by atoms with Crippen LogP contribution in [0.3, 0.4) is 0 Å². The van der Waals surface area contributed by atoms with Gasteiger partial charge in [0.1, 0.15) is 17.4 Å². The summed E-state index contributed by atoms with van der Waals surface area (Å²) in [5.74, 6) is -6.14. The summed E-state index contributed by atoms with van der Waals surface area (Å²) in [5, 5.41) is 2.70. The summed E-state index contributed by atoms with van der Waals surface area (Å²) in [7, 11) is 0. The van der Waals surface area contributed by atoms with Crippen molar-refractivity contribution < 1.29 is 27.1 Å². The minimum Gasteiger partial charge on any atom is -0.453 e. The largest absolute Gasteiger partial charge is 0.453 e. The number of anilines is 1. The number of carbonyl (C=O) groups is 1. The number of alkyl halides is 2. The molecule has 34 heavy (non-hydrogen) atoms. The Labute approximate surface area is 194 Å². The van der Waals surface area contributed by atoms with E-state index in [1.807, 2.05) is 0 Å². The van der Waals surface area contributed by atoms with E-state index in [-0.39, 0.29) is 48.4 Å². The first-order valence-electron chi connectivity index (χ1n) is 10.9. The number of rotatable bonds is 6. The molecule has 0 saturated heterocycles. The minimum absolute atomic E-state index is 0.161. The molecular formula is C25H23F4N3O2. The molecule has 0 radical (unpaired) electrons. The van der Waals surface area contributed by atoms with Crippen molar-refractivity contribution in [1.29, 1.82) is 0 Å². The lowest BCUT2D eigenvalue weighted by atomic mass is 9.71. The average molecular weight is 473 g/mol. The lowest BCUT2D eigenvalue weighted by Gasteiger charge is -2.38. The molecule has 178 valence electrons. The van der Waals surface area contributed by atoms with Gasteiger partial charge >= 0.3 is 0 Å². The lowest BCUT2D eigenvalue weighted by Crippen LogP contribution is -2.38. The highest BCUT2D eigenvalue weighted by Crippen LogP contribution is 2.48. The maximum atomic E-state index is 14.6. The van der Waals surface area contributed by atoms with Gasteiger partial charge in [-0.2, -0.15) is 0 Å². The molecule has 5 nitrogen and oxygen atoms in total. The fraction of sp³-hybridized carbons (Fsp3) is 0.320. The predicted molar refractivity (Wildman–Crippen MR) is 118 cm³/mol. The Morgan fingerprint density at radius 3 is 2.59 bits per heavy atom. The number of aromatic nitrogens is 2. The summed E-state index contributed by atoms with van der Waals surface area (Å²) in [6.07, 6.45) is 4.43. The molecule has 1 amide bonds. The maximum Gasteiger partial charge on any atom is 0.254 e. The highest BCUT2D eigenvalue weighted by atomic mass is 19.3. The standard InChI is InChI=1S/C25H23F4N3O2/c1-15(17-6-9-25(28,29)20(12-17)16-7-10-30-11-8-16)24(33)32-23-5-3-19(14-31-23)34-22-4-2-18(26)13-21(22)27/h2-5,7-8,10-11,13-15,17,20H,6,9,12H2,1H3,(H,31,32,33)/t15-,17+,20-/m1/s1. The summed E-state index contributed by atoms with van der Waals surface area (Å²) in [5.41, 5.74) is 0.521. The molecule has 1 N–H and O–H groups in total. The Kier molecular flexibility index (Phi) is 6.81. The van der Waals surface area contributed by atoms with Gasteiger partial charge in [-0.15, -0.1) is 0 Å². The number of carbonyl (C=O) groups excluding carboxylic acids is 1. The highest BCUT2D eigenvalue weighted by molar-refractivity contribution is 5.91. The Hall–Kier alpha value is -3.49. The van der Waals surface area contributed by atoms with Crippen LogP contribution in [0.25, 0.3) is 0 Å². The monoisotopic (exact) mass is 473 g/mol. The summed E-state index contributed by atoms with van der Waals surface area (Å²) < 4.78 is 61.3. The van der Waals surface area contributed by atoms with E-state index < -0.39 is 29.4 Å². The first kappa shape index (κ1) is 23.7. The van der Waals surface area contributed by atoms with Crippen LogP contribution in [0.2, 0.25) is 0 Å². The van der Waals surface area contributed by atoms with Crippen LogP contribution in [0, 0.1) is 23.5 Å². The van der Waals surface area contributed by atoms with Crippen LogP contribution in [0.1, 0.15) is 37.7 Å². The number of benzene rings is 1. The number of hydrogen-bond acceptors (Lipinski definition) is 4. The number of nitrogens with one attached hydrogen (secondary N) is 1. The third-order valence-corrected chi connectivity index (χ3v) is 6.24. The van der Waals surface area contributed by atoms with Gasteiger partial charge in [0.25, 0.3) is 5.92 Å². The number of hydrogen-bond donors (Lipinski definition) is 1. The van der Waals surface area contributed by atoms with Crippen molar-refractivity contribution in [3.8, 4) is 11.5 Å². The van der Waals surface area contributed by atoms with Crippen molar-refractivity contribution in [2.45, 2.75) is 38.0 Å². The van der Waals surface area contributed by atoms with Gasteiger partial charge in [-0.1, -0.05) is 6.92 Å². The second kappa shape index (κ2) is 9.79. The zero-order chi connectivity index (χ0) is 24.3. The third-order valence-electron chi connectivity index (χ3n) is 6.24. The van der Waals surface area contributed by atoms with Crippen LogP contribution in [-0.4, -0.2) is 21.8 Å². The van der Waals surface area contributed by atoms with Gasteiger partial charge in [0.15, 0.2) is 11.6 Å². The molecule has 0 aliphatic heterocycles. The molecule has 1 aliphatic rings. The second-order valence-electron chi connectivity index (χ2n) is 8.46. The average Bonchev–Trinajstić information content (AvgIpc) is 2.82. The Bertz CT molecular complexity index is 1140. The fourth-order valence-electron chi connectivity index (χ4n) is 4.23. The molecular weight excluding hydrogens is 450 g/mol. The first-order valence-corrected chi connectivity index (χ1v) is 10.9. The van der Waals surface area contributed by atoms with Crippen LogP contribution < -0.4 is 10.1 Å². The molecule has 4 rings (SSSR count). The smallest absolute Gasteiger partial charge is 0.254 e. The molecule has 2 aromatic heterocycles. The second-order valence-corrected chi connectivity index (χ2v) is 8.46. The Morgan fingerprint density at radius 1 is 1.15 bits per heavy atom. The van der Waals surface area contributed by atoms with Gasteiger partial charge in [0.2, 0.25) is 5.91 Å². The van der Waals surface area contributed by atoms with E-state index >= 15 is 0 Å². The molecule has 1 aliphatic carbocycles. The van der Waals surface area contributed by atoms with E-state index in [1.54, 1.807) is 19.1 Å². The van der Waals surface area contributed by atoms with Crippen LogP contribution in [0.4, 0.5) is 23.4 Å². The predicted octanol–water partition coefficient (Wildman–Crippen LogP) is 6.34.